The topological polar surface area (TPSA) is 26.3 Å². The van der Waals surface area contributed by atoms with Crippen LogP contribution in [0.1, 0.15) is 13.8 Å². The highest BCUT2D eigenvalue weighted by Crippen LogP contribution is 1.91. The van der Waals surface area contributed by atoms with Gasteiger partial charge in [-0.2, -0.15) is 0 Å². The minimum atomic E-state index is 0.335. The molecule has 0 rings (SSSR count). The predicted molar refractivity (Wildman–Crippen MR) is 35.6 cm³/mol. The van der Waals surface area contributed by atoms with E-state index in [0.717, 1.165) is 0 Å². The first-order chi connectivity index (χ1) is 4.27. The molecule has 2 heteroatoms. The molecule has 2 nitrogen and oxygen atoms in total. The Kier molecular flexibility index (Phi) is 4.88. The van der Waals surface area contributed by atoms with Crippen LogP contribution in [0.2, 0.25) is 0 Å². The van der Waals surface area contributed by atoms with Crippen LogP contribution in [0.4, 0.5) is 0 Å². The van der Waals surface area contributed by atoms with Gasteiger partial charge in [0.25, 0.3) is 0 Å². The van der Waals surface area contributed by atoms with Crippen molar-refractivity contribution in [3.8, 4) is 0 Å². The van der Waals surface area contributed by atoms with Crippen LogP contribution < -0.4 is 0 Å². The van der Waals surface area contributed by atoms with Gasteiger partial charge in [-0.05, 0) is 5.92 Å². The molecule has 0 saturated heterocycles. The quantitative estimate of drug-likeness (QED) is 0.420. The smallest absolute Gasteiger partial charge is 0.417 e. The maximum Gasteiger partial charge on any atom is 0.417 e. The van der Waals surface area contributed by atoms with Crippen LogP contribution in [0.25, 0.3) is 0 Å². The molecule has 0 aliphatic rings. The molecule has 0 fully saturated rings. The van der Waals surface area contributed by atoms with Gasteiger partial charge in [-0.1, -0.05) is 26.0 Å². The average molecular weight is 127 g/mol. The monoisotopic (exact) mass is 127 g/mol. The summed E-state index contributed by atoms with van der Waals surface area (Å²) in [5, 5.41) is 0. The minimum Gasteiger partial charge on any atom is -0.453 e. The molecule has 0 aromatic carbocycles. The van der Waals surface area contributed by atoms with Crippen LogP contribution in [-0.4, -0.2) is 13.1 Å². The van der Waals surface area contributed by atoms with Crippen LogP contribution in [0.15, 0.2) is 12.2 Å². The molecule has 0 unspecified atom stereocenters. The molecular weight excluding hydrogens is 116 g/mol. The number of hydrogen-bond acceptors (Lipinski definition) is 2. The molecule has 0 atom stereocenters. The van der Waals surface area contributed by atoms with Crippen LogP contribution in [0, 0.1) is 5.92 Å². The fourth-order valence-corrected chi connectivity index (χ4v) is 0.410. The van der Waals surface area contributed by atoms with Crippen molar-refractivity contribution >= 4 is 6.47 Å². The molecule has 0 aliphatic heterocycles. The van der Waals surface area contributed by atoms with E-state index in [2.05, 4.69) is 18.6 Å². The first-order valence-electron chi connectivity index (χ1n) is 2.93. The first-order valence-corrected chi connectivity index (χ1v) is 2.93. The predicted octanol–water partition coefficient (Wildman–Crippen LogP) is 1.28. The van der Waals surface area contributed by atoms with Gasteiger partial charge in [-0.15, -0.1) is 0 Å². The molecule has 0 aliphatic carbocycles. The summed E-state index contributed by atoms with van der Waals surface area (Å²) < 4.78 is 4.29. The second-order valence-corrected chi connectivity index (χ2v) is 2.07. The van der Waals surface area contributed by atoms with Gasteiger partial charge in [0, 0.05) is 0 Å². The Bertz CT molecular complexity index is 95.1. The van der Waals surface area contributed by atoms with Gasteiger partial charge in [0.1, 0.15) is 6.61 Å². The van der Waals surface area contributed by atoms with Crippen molar-refractivity contribution in [2.45, 2.75) is 13.8 Å². The lowest BCUT2D eigenvalue weighted by atomic mass is 10.2. The van der Waals surface area contributed by atoms with E-state index in [0.29, 0.717) is 12.5 Å². The van der Waals surface area contributed by atoms with E-state index >= 15 is 0 Å². The summed E-state index contributed by atoms with van der Waals surface area (Å²) in [5.74, 6) is 0.514. The van der Waals surface area contributed by atoms with E-state index < -0.39 is 0 Å². The number of hydrogen-bond donors (Lipinski definition) is 0. The molecule has 51 valence electrons. The molecule has 0 N–H and O–H groups in total. The molecule has 0 saturated carbocycles. The summed E-state index contributed by atoms with van der Waals surface area (Å²) in [5.41, 5.74) is 0. The van der Waals surface area contributed by atoms with Gasteiger partial charge in [0.2, 0.25) is 0 Å². The molecule has 1 radical (unpaired) electrons. The van der Waals surface area contributed by atoms with E-state index in [1.54, 1.807) is 6.08 Å². The zero-order valence-electron chi connectivity index (χ0n) is 5.76. The second kappa shape index (κ2) is 5.35. The summed E-state index contributed by atoms with van der Waals surface area (Å²) in [6.45, 7) is 5.79. The third-order valence-corrected chi connectivity index (χ3v) is 0.759. The van der Waals surface area contributed by atoms with Gasteiger partial charge in [0.05, 0.1) is 0 Å². The molecule has 0 bridgehead atoms. The number of allylic oxidation sites excluding steroid dienone is 1. The Morgan fingerprint density at radius 3 is 2.78 bits per heavy atom. The van der Waals surface area contributed by atoms with Crippen LogP contribution >= 0.6 is 0 Å². The Hall–Kier alpha value is -0.790. The number of ether oxygens (including phenoxy) is 1. The Morgan fingerprint density at radius 1 is 1.67 bits per heavy atom. The zero-order chi connectivity index (χ0) is 7.11. The molecule has 0 heterocycles. The van der Waals surface area contributed by atoms with Crippen molar-refractivity contribution in [1.29, 1.82) is 0 Å². The summed E-state index contributed by atoms with van der Waals surface area (Å²) in [6, 6.07) is 0. The normalized spacial score (nSPS) is 10.6. The van der Waals surface area contributed by atoms with Crippen LogP contribution in [-0.2, 0) is 9.53 Å². The summed E-state index contributed by atoms with van der Waals surface area (Å²) in [6.07, 6.45) is 3.77. The SMILES string of the molecule is CC(C)/C=C/CO[C]=O. The van der Waals surface area contributed by atoms with E-state index in [1.807, 2.05) is 6.08 Å². The lowest BCUT2D eigenvalue weighted by Crippen LogP contribution is -1.86. The van der Waals surface area contributed by atoms with Gasteiger partial charge < -0.3 is 4.74 Å². The highest BCUT2D eigenvalue weighted by Gasteiger charge is 1.82. The largest absolute Gasteiger partial charge is 0.453 e. The molecule has 0 amide bonds. The van der Waals surface area contributed by atoms with Gasteiger partial charge in [-0.25, -0.2) is 4.79 Å². The molecule has 0 spiro atoms. The average Bonchev–Trinajstić information content (AvgIpc) is 1.80. The van der Waals surface area contributed by atoms with Crippen molar-refractivity contribution in [2.24, 2.45) is 5.92 Å². The maximum atomic E-state index is 9.47. The van der Waals surface area contributed by atoms with Crippen molar-refractivity contribution < 1.29 is 9.53 Å². The maximum absolute atomic E-state index is 9.47. The van der Waals surface area contributed by atoms with Crippen molar-refractivity contribution in [3.63, 3.8) is 0 Å². The van der Waals surface area contributed by atoms with E-state index in [4.69, 9.17) is 0 Å². The Morgan fingerprint density at radius 2 is 2.33 bits per heavy atom. The van der Waals surface area contributed by atoms with Gasteiger partial charge in [0.15, 0.2) is 0 Å². The minimum absolute atomic E-state index is 0.335. The summed E-state index contributed by atoms with van der Waals surface area (Å²) >= 11 is 0. The standard InChI is InChI=1S/C7H11O2/c1-7(2)4-3-5-9-6-8/h3-4,7H,5H2,1-2H3/b4-3+. The van der Waals surface area contributed by atoms with E-state index in [-0.39, 0.29) is 0 Å². The number of rotatable bonds is 4. The second-order valence-electron chi connectivity index (χ2n) is 2.07. The highest BCUT2D eigenvalue weighted by atomic mass is 16.5. The van der Waals surface area contributed by atoms with Crippen molar-refractivity contribution in [1.82, 2.24) is 0 Å². The van der Waals surface area contributed by atoms with Crippen LogP contribution in [0.5, 0.6) is 0 Å². The fourth-order valence-electron chi connectivity index (χ4n) is 0.410. The Labute approximate surface area is 55.5 Å². The lowest BCUT2D eigenvalue weighted by Gasteiger charge is -1.91. The molecular formula is C7H11O2. The van der Waals surface area contributed by atoms with Crippen LogP contribution in [0.3, 0.4) is 0 Å². The zero-order valence-corrected chi connectivity index (χ0v) is 5.76. The third-order valence-electron chi connectivity index (χ3n) is 0.759. The lowest BCUT2D eigenvalue weighted by molar-refractivity contribution is 0.313. The summed E-state index contributed by atoms with van der Waals surface area (Å²) in [7, 11) is 0. The van der Waals surface area contributed by atoms with Crippen molar-refractivity contribution in [2.75, 3.05) is 6.61 Å². The molecule has 0 aromatic heterocycles. The summed E-state index contributed by atoms with van der Waals surface area (Å²) in [4.78, 5) is 9.47. The number of carbonyl (C=O) groups excluding carboxylic acids is 1. The van der Waals surface area contributed by atoms with Gasteiger partial charge >= 0.3 is 6.47 Å². The van der Waals surface area contributed by atoms with Crippen molar-refractivity contribution in [3.05, 3.63) is 12.2 Å². The first kappa shape index (κ1) is 8.21. The van der Waals surface area contributed by atoms with E-state index in [1.165, 1.54) is 6.47 Å². The van der Waals surface area contributed by atoms with E-state index in [9.17, 15) is 4.79 Å². The Balaban J connectivity index is 3.14. The fraction of sp³-hybridized carbons (Fsp3) is 0.571. The third kappa shape index (κ3) is 7.21. The van der Waals surface area contributed by atoms with Gasteiger partial charge in [-0.3, -0.25) is 0 Å². The molecule has 0 aromatic rings. The molecule has 9 heavy (non-hydrogen) atoms. The highest BCUT2D eigenvalue weighted by molar-refractivity contribution is 5.38.